The molecule has 0 fully saturated rings. The molecule has 0 saturated carbocycles. The first-order valence-electron chi connectivity index (χ1n) is 6.32. The first kappa shape index (κ1) is 15.9. The molecular weight excluding hydrogens is 304 g/mol. The Hall–Kier alpha value is -3.46. The maximum atomic E-state index is 12.0. The van der Waals surface area contributed by atoms with E-state index in [0.717, 1.165) is 6.07 Å². The Labute approximate surface area is 130 Å². The number of aromatic hydroxyl groups is 1. The molecule has 0 atom stereocenters. The zero-order valence-corrected chi connectivity index (χ0v) is 11.7. The lowest BCUT2D eigenvalue weighted by Gasteiger charge is -2.16. The molecule has 23 heavy (non-hydrogen) atoms. The minimum Gasteiger partial charge on any atom is -0.508 e. The van der Waals surface area contributed by atoms with Crippen LogP contribution in [-0.2, 0) is 9.59 Å². The number of hydrogen-bond donors (Lipinski definition) is 3. The van der Waals surface area contributed by atoms with Crippen molar-refractivity contribution in [2.75, 3.05) is 10.3 Å². The molecule has 0 unspecified atom stereocenters. The number of anilines is 2. The minimum atomic E-state index is -1.10. The van der Waals surface area contributed by atoms with E-state index in [9.17, 15) is 24.8 Å². The number of carbonyl (C=O) groups excluding carboxylic acids is 2. The average molecular weight is 316 g/mol. The molecule has 118 valence electrons. The number of rotatable bonds is 3. The van der Waals surface area contributed by atoms with Crippen LogP contribution in [0.15, 0.2) is 48.5 Å². The lowest BCUT2D eigenvalue weighted by molar-refractivity contribution is -0.384. The van der Waals surface area contributed by atoms with Crippen molar-refractivity contribution in [3.8, 4) is 5.75 Å². The summed E-state index contributed by atoms with van der Waals surface area (Å²) in [4.78, 5) is 33.9. The summed E-state index contributed by atoms with van der Waals surface area (Å²) in [5, 5.41) is 22.8. The van der Waals surface area contributed by atoms with Crippen LogP contribution in [0.5, 0.6) is 5.75 Å². The second-order valence-electron chi connectivity index (χ2n) is 4.46. The number of non-ortho nitro benzene ring substituents is 1. The molecule has 2 aromatic rings. The third kappa shape index (κ3) is 3.80. The molecule has 2 aromatic carbocycles. The highest BCUT2D eigenvalue weighted by atomic mass is 16.6. The summed E-state index contributed by atoms with van der Waals surface area (Å²) in [6.45, 7) is 0. The van der Waals surface area contributed by atoms with Crippen LogP contribution in [0.4, 0.5) is 17.1 Å². The maximum absolute atomic E-state index is 12.0. The summed E-state index contributed by atoms with van der Waals surface area (Å²) in [5.74, 6) is 3.26. The van der Waals surface area contributed by atoms with Gasteiger partial charge in [0.05, 0.1) is 10.6 Å². The SMILES string of the molecule is NN(C(=O)C(=O)Nc1cccc([N+](=O)[O-])c1)c1cccc(O)c1. The number of hydrogen-bond acceptors (Lipinski definition) is 6. The van der Waals surface area contributed by atoms with Gasteiger partial charge in [0.15, 0.2) is 0 Å². The van der Waals surface area contributed by atoms with E-state index in [1.54, 1.807) is 0 Å². The Bertz CT molecular complexity index is 777. The Morgan fingerprint density at radius 2 is 1.87 bits per heavy atom. The van der Waals surface area contributed by atoms with Crippen LogP contribution in [0.3, 0.4) is 0 Å². The van der Waals surface area contributed by atoms with E-state index in [-0.39, 0.29) is 22.8 Å². The van der Waals surface area contributed by atoms with Crippen LogP contribution >= 0.6 is 0 Å². The minimum absolute atomic E-state index is 0.0851. The third-order valence-electron chi connectivity index (χ3n) is 2.84. The fourth-order valence-electron chi connectivity index (χ4n) is 1.75. The second kappa shape index (κ2) is 6.54. The topological polar surface area (TPSA) is 139 Å². The van der Waals surface area contributed by atoms with Gasteiger partial charge in [-0.15, -0.1) is 0 Å². The second-order valence-corrected chi connectivity index (χ2v) is 4.46. The van der Waals surface area contributed by atoms with Gasteiger partial charge in [-0.1, -0.05) is 12.1 Å². The van der Waals surface area contributed by atoms with E-state index in [1.165, 1.54) is 42.5 Å². The van der Waals surface area contributed by atoms with Crippen molar-refractivity contribution in [3.05, 3.63) is 58.6 Å². The number of hydrazine groups is 1. The molecule has 4 N–H and O–H groups in total. The number of phenols is 1. The molecule has 0 aliphatic carbocycles. The van der Waals surface area contributed by atoms with E-state index in [4.69, 9.17) is 5.84 Å². The first-order chi connectivity index (χ1) is 10.9. The van der Waals surface area contributed by atoms with Crippen molar-refractivity contribution in [2.24, 2.45) is 5.84 Å². The predicted octanol–water partition coefficient (Wildman–Crippen LogP) is 1.15. The summed E-state index contributed by atoms with van der Waals surface area (Å²) >= 11 is 0. The lowest BCUT2D eigenvalue weighted by atomic mass is 10.2. The molecule has 9 heteroatoms. The molecular formula is C14H12N4O5. The van der Waals surface area contributed by atoms with Crippen molar-refractivity contribution in [2.45, 2.75) is 0 Å². The highest BCUT2D eigenvalue weighted by Gasteiger charge is 2.21. The van der Waals surface area contributed by atoms with Gasteiger partial charge >= 0.3 is 11.8 Å². The fourth-order valence-corrected chi connectivity index (χ4v) is 1.75. The van der Waals surface area contributed by atoms with E-state index < -0.39 is 16.7 Å². The molecule has 9 nitrogen and oxygen atoms in total. The summed E-state index contributed by atoms with van der Waals surface area (Å²) in [6.07, 6.45) is 0. The molecule has 2 amide bonds. The number of carbonyl (C=O) groups is 2. The van der Waals surface area contributed by atoms with Crippen molar-refractivity contribution in [1.29, 1.82) is 0 Å². The zero-order chi connectivity index (χ0) is 17.0. The number of nitrogens with zero attached hydrogens (tertiary/aromatic N) is 2. The van der Waals surface area contributed by atoms with Gasteiger partial charge in [-0.25, -0.2) is 10.9 Å². The average Bonchev–Trinajstić information content (AvgIpc) is 2.53. The fraction of sp³-hybridized carbons (Fsp3) is 0. The van der Waals surface area contributed by atoms with Gasteiger partial charge < -0.3 is 10.4 Å². The first-order valence-corrected chi connectivity index (χ1v) is 6.32. The van der Waals surface area contributed by atoms with Gasteiger partial charge in [-0.3, -0.25) is 19.7 Å². The number of benzene rings is 2. The largest absolute Gasteiger partial charge is 0.508 e. The molecule has 2 rings (SSSR count). The van der Waals surface area contributed by atoms with E-state index in [0.29, 0.717) is 5.01 Å². The monoisotopic (exact) mass is 316 g/mol. The highest BCUT2D eigenvalue weighted by molar-refractivity contribution is 6.44. The Morgan fingerprint density at radius 1 is 1.17 bits per heavy atom. The van der Waals surface area contributed by atoms with Gasteiger partial charge in [-0.2, -0.15) is 0 Å². The number of phenolic OH excluding ortho intramolecular Hbond substituents is 1. The lowest BCUT2D eigenvalue weighted by Crippen LogP contribution is -2.44. The van der Waals surface area contributed by atoms with E-state index in [2.05, 4.69) is 5.32 Å². The molecule has 0 saturated heterocycles. The van der Waals surface area contributed by atoms with Crippen LogP contribution in [-0.4, -0.2) is 21.8 Å². The molecule has 0 aliphatic heterocycles. The Balaban J connectivity index is 2.12. The third-order valence-corrected chi connectivity index (χ3v) is 2.84. The number of nitro benzene ring substituents is 1. The van der Waals surface area contributed by atoms with Crippen LogP contribution in [0.2, 0.25) is 0 Å². The molecule has 0 heterocycles. The quantitative estimate of drug-likeness (QED) is 0.255. The smallest absolute Gasteiger partial charge is 0.330 e. The van der Waals surface area contributed by atoms with Crippen LogP contribution in [0.25, 0.3) is 0 Å². The van der Waals surface area contributed by atoms with E-state index in [1.807, 2.05) is 0 Å². The summed E-state index contributed by atoms with van der Waals surface area (Å²) in [5.41, 5.74) is -0.0288. The van der Waals surface area contributed by atoms with Crippen molar-refractivity contribution >= 4 is 28.9 Å². The number of nitro groups is 1. The molecule has 0 radical (unpaired) electrons. The highest BCUT2D eigenvalue weighted by Crippen LogP contribution is 2.19. The van der Waals surface area contributed by atoms with Crippen LogP contribution < -0.4 is 16.2 Å². The number of amides is 2. The van der Waals surface area contributed by atoms with E-state index >= 15 is 0 Å². The van der Waals surface area contributed by atoms with Gasteiger partial charge in [-0.05, 0) is 18.2 Å². The van der Waals surface area contributed by atoms with Gasteiger partial charge in [0, 0.05) is 23.9 Å². The van der Waals surface area contributed by atoms with Gasteiger partial charge in [0.2, 0.25) is 0 Å². The zero-order valence-electron chi connectivity index (χ0n) is 11.7. The summed E-state index contributed by atoms with van der Waals surface area (Å²) < 4.78 is 0. The predicted molar refractivity (Wildman–Crippen MR) is 81.5 cm³/mol. The molecule has 0 bridgehead atoms. The summed E-state index contributed by atoms with van der Waals surface area (Å²) in [7, 11) is 0. The Kier molecular flexibility index (Phi) is 4.52. The number of nitrogens with two attached hydrogens (primary N) is 1. The van der Waals surface area contributed by atoms with Crippen LogP contribution in [0, 0.1) is 10.1 Å². The number of nitrogens with one attached hydrogen (secondary N) is 1. The van der Waals surface area contributed by atoms with Crippen LogP contribution in [0.1, 0.15) is 0 Å². The molecule has 0 aliphatic rings. The maximum Gasteiger partial charge on any atom is 0.330 e. The van der Waals surface area contributed by atoms with Crippen molar-refractivity contribution in [3.63, 3.8) is 0 Å². The van der Waals surface area contributed by atoms with Gasteiger partial charge in [0.25, 0.3) is 5.69 Å². The molecule has 0 aromatic heterocycles. The van der Waals surface area contributed by atoms with Crippen molar-refractivity contribution in [1.82, 2.24) is 0 Å². The Morgan fingerprint density at radius 3 is 2.52 bits per heavy atom. The van der Waals surface area contributed by atoms with Crippen molar-refractivity contribution < 1.29 is 19.6 Å². The summed E-state index contributed by atoms with van der Waals surface area (Å²) in [6, 6.07) is 10.6. The normalized spacial score (nSPS) is 9.96. The standard InChI is InChI=1S/C14H12N4O5/c15-17(10-4-2-6-12(19)8-10)14(21)13(20)16-9-3-1-5-11(7-9)18(22)23/h1-8,19H,15H2,(H,16,20). The molecule has 0 spiro atoms. The van der Waals surface area contributed by atoms with Gasteiger partial charge in [0.1, 0.15) is 5.75 Å².